The highest BCUT2D eigenvalue weighted by Crippen LogP contribution is 2.28. The van der Waals surface area contributed by atoms with Gasteiger partial charge in [-0.15, -0.1) is 11.3 Å². The summed E-state index contributed by atoms with van der Waals surface area (Å²) in [6.45, 7) is 1.09. The van der Waals surface area contributed by atoms with E-state index in [2.05, 4.69) is 23.7 Å². The maximum absolute atomic E-state index is 5.89. The summed E-state index contributed by atoms with van der Waals surface area (Å²) in [6.07, 6.45) is 5.29. The second-order valence-corrected chi connectivity index (χ2v) is 6.21. The molecular weight excluding hydrogens is 240 g/mol. The zero-order valence-electron chi connectivity index (χ0n) is 9.63. The molecule has 4 heteroatoms. The third-order valence-electron chi connectivity index (χ3n) is 3.39. The van der Waals surface area contributed by atoms with Gasteiger partial charge in [0.25, 0.3) is 0 Å². The SMILES string of the molecule is CNC1CCC(CNc2ccc(Cl)s2)CC1. The van der Waals surface area contributed by atoms with Crippen molar-refractivity contribution in [1.29, 1.82) is 0 Å². The standard InChI is InChI=1S/C12H19ClN2S/c1-14-10-4-2-9(3-5-10)8-15-12-7-6-11(13)16-12/h6-7,9-10,14-15H,2-5,8H2,1H3. The normalized spacial score (nSPS) is 25.6. The molecule has 16 heavy (non-hydrogen) atoms. The molecule has 90 valence electrons. The van der Waals surface area contributed by atoms with Gasteiger partial charge in [0.1, 0.15) is 0 Å². The number of hydrogen-bond acceptors (Lipinski definition) is 3. The summed E-state index contributed by atoms with van der Waals surface area (Å²) < 4.78 is 0.862. The van der Waals surface area contributed by atoms with Crippen LogP contribution in [0, 0.1) is 5.92 Å². The molecule has 0 bridgehead atoms. The fourth-order valence-electron chi connectivity index (χ4n) is 2.31. The predicted octanol–water partition coefficient (Wildman–Crippen LogP) is 3.59. The van der Waals surface area contributed by atoms with Crippen LogP contribution in [0.5, 0.6) is 0 Å². The van der Waals surface area contributed by atoms with Crippen LogP contribution in [-0.4, -0.2) is 19.6 Å². The topological polar surface area (TPSA) is 24.1 Å². The highest BCUT2D eigenvalue weighted by atomic mass is 35.5. The average molecular weight is 259 g/mol. The van der Waals surface area contributed by atoms with Crippen molar-refractivity contribution >= 4 is 27.9 Å². The number of rotatable bonds is 4. The molecule has 2 nitrogen and oxygen atoms in total. The van der Waals surface area contributed by atoms with Gasteiger partial charge in [-0.25, -0.2) is 0 Å². The van der Waals surface area contributed by atoms with Gasteiger partial charge in [0.05, 0.1) is 9.34 Å². The Morgan fingerprint density at radius 1 is 1.31 bits per heavy atom. The number of anilines is 1. The van der Waals surface area contributed by atoms with Crippen LogP contribution in [0.2, 0.25) is 4.34 Å². The first-order valence-electron chi connectivity index (χ1n) is 5.94. The lowest BCUT2D eigenvalue weighted by molar-refractivity contribution is 0.312. The van der Waals surface area contributed by atoms with Crippen LogP contribution in [0.1, 0.15) is 25.7 Å². The van der Waals surface area contributed by atoms with Crippen molar-refractivity contribution in [3.8, 4) is 0 Å². The van der Waals surface area contributed by atoms with Gasteiger partial charge in [-0.1, -0.05) is 11.6 Å². The van der Waals surface area contributed by atoms with Crippen LogP contribution in [0.4, 0.5) is 5.00 Å². The molecule has 1 fully saturated rings. The fraction of sp³-hybridized carbons (Fsp3) is 0.667. The molecule has 2 N–H and O–H groups in total. The Bertz CT molecular complexity index is 319. The lowest BCUT2D eigenvalue weighted by Crippen LogP contribution is -2.32. The minimum absolute atomic E-state index is 0.743. The van der Waals surface area contributed by atoms with Crippen LogP contribution >= 0.6 is 22.9 Å². The summed E-state index contributed by atoms with van der Waals surface area (Å²) in [7, 11) is 2.07. The minimum Gasteiger partial charge on any atom is -0.377 e. The molecule has 2 rings (SSSR count). The van der Waals surface area contributed by atoms with Crippen LogP contribution in [0.3, 0.4) is 0 Å². The second kappa shape index (κ2) is 5.89. The largest absolute Gasteiger partial charge is 0.377 e. The first-order chi connectivity index (χ1) is 7.78. The molecule has 1 saturated carbocycles. The third-order valence-corrected chi connectivity index (χ3v) is 4.58. The summed E-state index contributed by atoms with van der Waals surface area (Å²) in [6, 6.07) is 4.76. The molecule has 0 saturated heterocycles. The van der Waals surface area contributed by atoms with Crippen molar-refractivity contribution in [3.05, 3.63) is 16.5 Å². The van der Waals surface area contributed by atoms with E-state index in [1.807, 2.05) is 6.07 Å². The molecule has 0 aromatic carbocycles. The summed E-state index contributed by atoms with van der Waals surface area (Å²) >= 11 is 7.51. The molecule has 0 aliphatic heterocycles. The van der Waals surface area contributed by atoms with Gasteiger partial charge in [0.2, 0.25) is 0 Å². The Morgan fingerprint density at radius 2 is 2.06 bits per heavy atom. The summed E-state index contributed by atoms with van der Waals surface area (Å²) in [5.41, 5.74) is 0. The number of hydrogen-bond donors (Lipinski definition) is 2. The molecule has 1 aromatic rings. The smallest absolute Gasteiger partial charge is 0.0950 e. The van der Waals surface area contributed by atoms with Gasteiger partial charge in [-0.05, 0) is 50.8 Å². The van der Waals surface area contributed by atoms with Crippen LogP contribution < -0.4 is 10.6 Å². The molecule has 1 aromatic heterocycles. The number of halogens is 1. The monoisotopic (exact) mass is 258 g/mol. The molecule has 1 aliphatic carbocycles. The van der Waals surface area contributed by atoms with E-state index < -0.39 is 0 Å². The Balaban J connectivity index is 1.71. The van der Waals surface area contributed by atoms with Gasteiger partial charge < -0.3 is 10.6 Å². The van der Waals surface area contributed by atoms with E-state index in [9.17, 15) is 0 Å². The average Bonchev–Trinajstić information content (AvgIpc) is 2.73. The number of thiophene rings is 1. The third kappa shape index (κ3) is 3.37. The highest BCUT2D eigenvalue weighted by molar-refractivity contribution is 7.19. The van der Waals surface area contributed by atoms with Crippen LogP contribution in [0.15, 0.2) is 12.1 Å². The highest BCUT2D eigenvalue weighted by Gasteiger charge is 2.19. The molecular formula is C12H19ClN2S. The lowest BCUT2D eigenvalue weighted by atomic mass is 9.86. The molecule has 0 amide bonds. The predicted molar refractivity (Wildman–Crippen MR) is 72.6 cm³/mol. The van der Waals surface area contributed by atoms with E-state index in [-0.39, 0.29) is 0 Å². The van der Waals surface area contributed by atoms with Crippen molar-refractivity contribution in [2.24, 2.45) is 5.92 Å². The summed E-state index contributed by atoms with van der Waals surface area (Å²) in [5.74, 6) is 0.825. The van der Waals surface area contributed by atoms with E-state index in [0.29, 0.717) is 0 Å². The van der Waals surface area contributed by atoms with Crippen molar-refractivity contribution in [2.45, 2.75) is 31.7 Å². The Morgan fingerprint density at radius 3 is 2.62 bits per heavy atom. The van der Waals surface area contributed by atoms with Gasteiger partial charge in [0, 0.05) is 12.6 Å². The van der Waals surface area contributed by atoms with E-state index in [1.54, 1.807) is 11.3 Å². The number of nitrogens with one attached hydrogen (secondary N) is 2. The van der Waals surface area contributed by atoms with Crippen molar-refractivity contribution in [1.82, 2.24) is 5.32 Å². The first-order valence-corrected chi connectivity index (χ1v) is 7.14. The van der Waals surface area contributed by atoms with Gasteiger partial charge in [-0.3, -0.25) is 0 Å². The quantitative estimate of drug-likeness (QED) is 0.863. The van der Waals surface area contributed by atoms with E-state index in [4.69, 9.17) is 11.6 Å². The van der Waals surface area contributed by atoms with Crippen molar-refractivity contribution in [2.75, 3.05) is 18.9 Å². The molecule has 1 aliphatic rings. The molecule has 0 spiro atoms. The zero-order chi connectivity index (χ0) is 11.4. The first kappa shape index (κ1) is 12.2. The molecule has 0 unspecified atom stereocenters. The maximum Gasteiger partial charge on any atom is 0.0950 e. The Labute approximate surface area is 106 Å². The van der Waals surface area contributed by atoms with Crippen molar-refractivity contribution < 1.29 is 0 Å². The van der Waals surface area contributed by atoms with Gasteiger partial charge in [0.15, 0.2) is 0 Å². The van der Waals surface area contributed by atoms with E-state index in [0.717, 1.165) is 22.8 Å². The Hall–Kier alpha value is -0.250. The van der Waals surface area contributed by atoms with Crippen LogP contribution in [0.25, 0.3) is 0 Å². The van der Waals surface area contributed by atoms with E-state index in [1.165, 1.54) is 30.7 Å². The summed E-state index contributed by atoms with van der Waals surface area (Å²) in [5, 5.41) is 8.04. The second-order valence-electron chi connectivity index (χ2n) is 4.49. The van der Waals surface area contributed by atoms with E-state index >= 15 is 0 Å². The van der Waals surface area contributed by atoms with Gasteiger partial charge in [-0.2, -0.15) is 0 Å². The molecule has 1 heterocycles. The molecule has 0 radical (unpaired) electrons. The van der Waals surface area contributed by atoms with Crippen LogP contribution in [-0.2, 0) is 0 Å². The zero-order valence-corrected chi connectivity index (χ0v) is 11.2. The molecule has 0 atom stereocenters. The summed E-state index contributed by atoms with van der Waals surface area (Å²) in [4.78, 5) is 0. The Kier molecular flexibility index (Phi) is 4.50. The maximum atomic E-state index is 5.89. The van der Waals surface area contributed by atoms with Crippen molar-refractivity contribution in [3.63, 3.8) is 0 Å². The van der Waals surface area contributed by atoms with Gasteiger partial charge >= 0.3 is 0 Å². The fourth-order valence-corrected chi connectivity index (χ4v) is 3.26. The lowest BCUT2D eigenvalue weighted by Gasteiger charge is -2.28. The minimum atomic E-state index is 0.743.